The minimum Gasteiger partial charge on any atom is -0.495 e. The number of hydrogen-bond donors (Lipinski definition) is 2. The lowest BCUT2D eigenvalue weighted by atomic mass is 9.95. The number of nitrogens with one attached hydrogen (secondary N) is 2. The molecule has 1 aliphatic carbocycles. The maximum atomic E-state index is 12.6. The van der Waals surface area contributed by atoms with Crippen molar-refractivity contribution in [1.82, 2.24) is 15.3 Å². The lowest BCUT2D eigenvalue weighted by Crippen LogP contribution is -2.36. The van der Waals surface area contributed by atoms with Crippen LogP contribution in [0.25, 0.3) is 0 Å². The third kappa shape index (κ3) is 4.89. The van der Waals surface area contributed by atoms with Gasteiger partial charge in [0.2, 0.25) is 0 Å². The van der Waals surface area contributed by atoms with Crippen LogP contribution in [0, 0.1) is 13.8 Å². The fraction of sp³-hybridized carbons (Fsp3) is 0.450. The van der Waals surface area contributed by atoms with Gasteiger partial charge < -0.3 is 15.4 Å². The van der Waals surface area contributed by atoms with Gasteiger partial charge in [-0.05, 0) is 38.3 Å². The molecule has 0 saturated heterocycles. The standard InChI is InChI=1S/C20H25ClN4O2/c1-12-9-16(18(27-3)10-15(12)21)25-19-11-17(22-13(2)23-19)20(26)24-14-7-5-4-6-8-14/h9-11,14H,4-8H2,1-3H3,(H,24,26)(H,22,23,25). The second kappa shape index (κ2) is 8.57. The van der Waals surface area contributed by atoms with Gasteiger partial charge >= 0.3 is 0 Å². The highest BCUT2D eigenvalue weighted by molar-refractivity contribution is 6.31. The third-order valence-corrected chi connectivity index (χ3v) is 5.16. The predicted molar refractivity (Wildman–Crippen MR) is 107 cm³/mol. The van der Waals surface area contributed by atoms with Crippen LogP contribution >= 0.6 is 11.6 Å². The lowest BCUT2D eigenvalue weighted by Gasteiger charge is -2.22. The smallest absolute Gasteiger partial charge is 0.270 e. The van der Waals surface area contributed by atoms with E-state index < -0.39 is 0 Å². The van der Waals surface area contributed by atoms with E-state index in [1.54, 1.807) is 26.2 Å². The van der Waals surface area contributed by atoms with E-state index in [4.69, 9.17) is 16.3 Å². The van der Waals surface area contributed by atoms with E-state index in [0.29, 0.717) is 28.1 Å². The number of carbonyl (C=O) groups is 1. The van der Waals surface area contributed by atoms with Crippen LogP contribution in [-0.4, -0.2) is 29.0 Å². The first kappa shape index (κ1) is 19.4. The van der Waals surface area contributed by atoms with E-state index in [-0.39, 0.29) is 11.9 Å². The van der Waals surface area contributed by atoms with Gasteiger partial charge in [0.25, 0.3) is 5.91 Å². The number of anilines is 2. The highest BCUT2D eigenvalue weighted by Crippen LogP contribution is 2.32. The number of aromatic nitrogens is 2. The molecular formula is C20H25ClN4O2. The van der Waals surface area contributed by atoms with E-state index >= 15 is 0 Å². The summed E-state index contributed by atoms with van der Waals surface area (Å²) in [5, 5.41) is 6.94. The van der Waals surface area contributed by atoms with Crippen LogP contribution in [0.5, 0.6) is 5.75 Å². The van der Waals surface area contributed by atoms with E-state index in [9.17, 15) is 4.79 Å². The van der Waals surface area contributed by atoms with Crippen molar-refractivity contribution >= 4 is 29.0 Å². The van der Waals surface area contributed by atoms with Crippen molar-refractivity contribution in [2.45, 2.75) is 52.0 Å². The van der Waals surface area contributed by atoms with Crippen LogP contribution in [0.4, 0.5) is 11.5 Å². The fourth-order valence-corrected chi connectivity index (χ4v) is 3.48. The molecule has 0 aliphatic heterocycles. The Bertz CT molecular complexity index is 835. The second-order valence-corrected chi connectivity index (χ2v) is 7.33. The highest BCUT2D eigenvalue weighted by atomic mass is 35.5. The number of benzene rings is 1. The molecule has 1 fully saturated rings. The Morgan fingerprint density at radius 2 is 1.89 bits per heavy atom. The molecule has 0 spiro atoms. The number of nitrogens with zero attached hydrogens (tertiary/aromatic N) is 2. The maximum absolute atomic E-state index is 12.6. The largest absolute Gasteiger partial charge is 0.495 e. The molecule has 0 bridgehead atoms. The lowest BCUT2D eigenvalue weighted by molar-refractivity contribution is 0.0922. The van der Waals surface area contributed by atoms with Crippen LogP contribution < -0.4 is 15.4 Å². The quantitative estimate of drug-likeness (QED) is 0.785. The summed E-state index contributed by atoms with van der Waals surface area (Å²) in [6.45, 7) is 3.69. The monoisotopic (exact) mass is 388 g/mol. The molecule has 144 valence electrons. The number of ether oxygens (including phenoxy) is 1. The summed E-state index contributed by atoms with van der Waals surface area (Å²) in [6.07, 6.45) is 5.63. The van der Waals surface area contributed by atoms with E-state index in [1.165, 1.54) is 6.42 Å². The van der Waals surface area contributed by atoms with Gasteiger partial charge in [-0.25, -0.2) is 9.97 Å². The van der Waals surface area contributed by atoms with Gasteiger partial charge in [-0.1, -0.05) is 30.9 Å². The predicted octanol–water partition coefficient (Wildman–Crippen LogP) is 4.56. The topological polar surface area (TPSA) is 76.1 Å². The van der Waals surface area contributed by atoms with Crippen molar-refractivity contribution < 1.29 is 9.53 Å². The Morgan fingerprint density at radius 1 is 1.15 bits per heavy atom. The number of hydrogen-bond acceptors (Lipinski definition) is 5. The minimum absolute atomic E-state index is 0.158. The SMILES string of the molecule is COc1cc(Cl)c(C)cc1Nc1cc(C(=O)NC2CCCCC2)nc(C)n1. The van der Waals surface area contributed by atoms with Gasteiger partial charge in [-0.15, -0.1) is 0 Å². The first-order valence-corrected chi connectivity index (χ1v) is 9.62. The highest BCUT2D eigenvalue weighted by Gasteiger charge is 2.18. The zero-order valence-corrected chi connectivity index (χ0v) is 16.7. The van der Waals surface area contributed by atoms with Crippen molar-refractivity contribution in [3.63, 3.8) is 0 Å². The number of aryl methyl sites for hydroxylation is 2. The van der Waals surface area contributed by atoms with Gasteiger partial charge in [0.1, 0.15) is 23.1 Å². The van der Waals surface area contributed by atoms with E-state index in [1.807, 2.05) is 13.0 Å². The molecule has 1 aliphatic rings. The van der Waals surface area contributed by atoms with E-state index in [0.717, 1.165) is 36.9 Å². The Balaban J connectivity index is 1.81. The normalized spacial score (nSPS) is 14.7. The Labute approximate surface area is 164 Å². The number of methoxy groups -OCH3 is 1. The molecule has 0 unspecified atom stereocenters. The van der Waals surface area contributed by atoms with Gasteiger partial charge in [0.05, 0.1) is 12.8 Å². The van der Waals surface area contributed by atoms with Crippen LogP contribution in [-0.2, 0) is 0 Å². The second-order valence-electron chi connectivity index (χ2n) is 6.92. The molecule has 1 heterocycles. The van der Waals surface area contributed by atoms with Gasteiger partial charge in [0.15, 0.2) is 0 Å². The number of amides is 1. The van der Waals surface area contributed by atoms with Crippen LogP contribution in [0.2, 0.25) is 5.02 Å². The third-order valence-electron chi connectivity index (χ3n) is 4.75. The van der Waals surface area contributed by atoms with Gasteiger partial charge in [-0.2, -0.15) is 0 Å². The van der Waals surface area contributed by atoms with Crippen molar-refractivity contribution in [2.75, 3.05) is 12.4 Å². The maximum Gasteiger partial charge on any atom is 0.270 e. The summed E-state index contributed by atoms with van der Waals surface area (Å²) in [5.74, 6) is 1.51. The van der Waals surface area contributed by atoms with Crippen molar-refractivity contribution in [3.05, 3.63) is 40.3 Å². The fourth-order valence-electron chi connectivity index (χ4n) is 3.32. The van der Waals surface area contributed by atoms with Gasteiger partial charge in [-0.3, -0.25) is 4.79 Å². The molecule has 7 heteroatoms. The van der Waals surface area contributed by atoms with Gasteiger partial charge in [0, 0.05) is 23.2 Å². The molecule has 3 rings (SSSR count). The molecule has 2 aromatic rings. The Morgan fingerprint density at radius 3 is 2.59 bits per heavy atom. The van der Waals surface area contributed by atoms with Crippen molar-refractivity contribution in [1.29, 1.82) is 0 Å². The van der Waals surface area contributed by atoms with E-state index in [2.05, 4.69) is 20.6 Å². The minimum atomic E-state index is -0.158. The Hall–Kier alpha value is -2.34. The zero-order valence-electron chi connectivity index (χ0n) is 15.9. The van der Waals surface area contributed by atoms with Crippen LogP contribution in [0.15, 0.2) is 18.2 Å². The molecule has 1 amide bonds. The first-order valence-electron chi connectivity index (χ1n) is 9.24. The molecule has 1 saturated carbocycles. The summed E-state index contributed by atoms with van der Waals surface area (Å²) in [6, 6.07) is 5.54. The first-order chi connectivity index (χ1) is 13.0. The van der Waals surface area contributed by atoms with Crippen molar-refractivity contribution in [3.8, 4) is 5.75 Å². The molecule has 6 nitrogen and oxygen atoms in total. The molecule has 27 heavy (non-hydrogen) atoms. The van der Waals surface area contributed by atoms with Crippen molar-refractivity contribution in [2.24, 2.45) is 0 Å². The summed E-state index contributed by atoms with van der Waals surface area (Å²) in [4.78, 5) is 21.3. The Kier molecular flexibility index (Phi) is 6.16. The summed E-state index contributed by atoms with van der Waals surface area (Å²) < 4.78 is 5.39. The zero-order chi connectivity index (χ0) is 19.4. The molecule has 0 radical (unpaired) electrons. The summed E-state index contributed by atoms with van der Waals surface area (Å²) in [7, 11) is 1.58. The number of halogens is 1. The molecule has 0 atom stereocenters. The molecule has 1 aromatic heterocycles. The summed E-state index contributed by atoms with van der Waals surface area (Å²) in [5.41, 5.74) is 2.01. The number of rotatable bonds is 5. The number of carbonyl (C=O) groups excluding carboxylic acids is 1. The average molecular weight is 389 g/mol. The van der Waals surface area contributed by atoms with Crippen LogP contribution in [0.1, 0.15) is 54.0 Å². The molecular weight excluding hydrogens is 364 g/mol. The average Bonchev–Trinajstić information content (AvgIpc) is 2.65. The summed E-state index contributed by atoms with van der Waals surface area (Å²) >= 11 is 6.17. The van der Waals surface area contributed by atoms with Crippen LogP contribution in [0.3, 0.4) is 0 Å². The molecule has 1 aromatic carbocycles. The molecule has 2 N–H and O–H groups in total.